The lowest BCUT2D eigenvalue weighted by molar-refractivity contribution is -0.114. The topological polar surface area (TPSA) is 139 Å². The Morgan fingerprint density at radius 1 is 1.09 bits per heavy atom. The molecule has 11 nitrogen and oxygen atoms in total. The molecule has 0 aliphatic rings. The molecule has 0 aliphatic heterocycles. The molecule has 0 atom stereocenters. The number of carbonyl (C=O) groups is 4. The second-order valence-electron chi connectivity index (χ2n) is 7.37. The Balaban J connectivity index is 2.14. The van der Waals surface area contributed by atoms with Crippen molar-refractivity contribution in [2.75, 3.05) is 22.2 Å². The van der Waals surface area contributed by atoms with Crippen molar-refractivity contribution in [3.8, 4) is 0 Å². The van der Waals surface area contributed by atoms with E-state index in [1.807, 2.05) is 0 Å². The summed E-state index contributed by atoms with van der Waals surface area (Å²) in [6, 6.07) is 6.10. The molecular formula is C20H25N5O6S. The van der Waals surface area contributed by atoms with E-state index in [4.69, 9.17) is 9.47 Å². The van der Waals surface area contributed by atoms with Crippen molar-refractivity contribution in [2.45, 2.75) is 40.2 Å². The number of hydrazine groups is 1. The van der Waals surface area contributed by atoms with Crippen LogP contribution in [-0.4, -0.2) is 41.2 Å². The zero-order chi connectivity index (χ0) is 23.9. The van der Waals surface area contributed by atoms with Crippen molar-refractivity contribution in [3.05, 3.63) is 35.3 Å². The molecule has 0 bridgehead atoms. The van der Waals surface area contributed by atoms with Crippen LogP contribution in [0.1, 0.15) is 45.1 Å². The fourth-order valence-corrected chi connectivity index (χ4v) is 2.99. The van der Waals surface area contributed by atoms with Gasteiger partial charge in [0.1, 0.15) is 11.3 Å². The summed E-state index contributed by atoms with van der Waals surface area (Å²) in [5.74, 6) is -0.757. The normalized spacial score (nSPS) is 10.7. The number of amides is 4. The average Bonchev–Trinajstić information content (AvgIpc) is 3.13. The van der Waals surface area contributed by atoms with Gasteiger partial charge in [-0.1, -0.05) is 0 Å². The van der Waals surface area contributed by atoms with E-state index in [0.29, 0.717) is 10.8 Å². The maximum atomic E-state index is 12.6. The number of hydrogen-bond acceptors (Lipinski definition) is 8. The fraction of sp³-hybridized carbons (Fsp3) is 0.350. The molecule has 0 spiro atoms. The molecule has 2 aromatic rings. The molecule has 3 N–H and O–H groups in total. The predicted molar refractivity (Wildman–Crippen MR) is 120 cm³/mol. The Bertz CT molecular complexity index is 983. The van der Waals surface area contributed by atoms with Gasteiger partial charge in [0.05, 0.1) is 12.3 Å². The lowest BCUT2D eigenvalue weighted by Gasteiger charge is -2.27. The number of aromatic nitrogens is 1. The summed E-state index contributed by atoms with van der Waals surface area (Å²) in [4.78, 5) is 51.9. The standard InChI is InChI=1S/C20H25N5O6S/c1-6-30-18(28)24-25(19(29)31-20(3,4)5)14-9-7-13(8-10-14)22-16(27)15-11-32-17(23-15)21-12(2)26/h7-11H,6H2,1-5H3,(H,22,27)(H,24,28)(H,21,23,26). The molecule has 0 radical (unpaired) electrons. The fourth-order valence-electron chi connectivity index (χ4n) is 2.25. The highest BCUT2D eigenvalue weighted by molar-refractivity contribution is 7.14. The monoisotopic (exact) mass is 463 g/mol. The largest absolute Gasteiger partial charge is 0.449 e. The van der Waals surface area contributed by atoms with Gasteiger partial charge < -0.3 is 20.1 Å². The third kappa shape index (κ3) is 7.54. The Hall–Kier alpha value is -3.67. The Kier molecular flexibility index (Phi) is 8.13. The van der Waals surface area contributed by atoms with Crippen LogP contribution in [-0.2, 0) is 14.3 Å². The SMILES string of the molecule is CCOC(=O)NN(C(=O)OC(C)(C)C)c1ccc(NC(=O)c2csc(NC(C)=O)n2)cc1. The van der Waals surface area contributed by atoms with E-state index in [1.54, 1.807) is 39.8 Å². The van der Waals surface area contributed by atoms with Crippen LogP contribution in [0.5, 0.6) is 0 Å². The number of nitrogens with one attached hydrogen (secondary N) is 3. The van der Waals surface area contributed by atoms with E-state index in [9.17, 15) is 19.2 Å². The van der Waals surface area contributed by atoms with E-state index in [2.05, 4.69) is 21.0 Å². The van der Waals surface area contributed by atoms with Crippen LogP contribution >= 0.6 is 11.3 Å². The highest BCUT2D eigenvalue weighted by atomic mass is 32.1. The average molecular weight is 464 g/mol. The minimum Gasteiger partial charge on any atom is -0.449 e. The summed E-state index contributed by atoms with van der Waals surface area (Å²) >= 11 is 1.13. The van der Waals surface area contributed by atoms with Crippen LogP contribution in [0.3, 0.4) is 0 Å². The molecule has 4 amide bonds. The van der Waals surface area contributed by atoms with Crippen molar-refractivity contribution in [3.63, 3.8) is 0 Å². The minimum absolute atomic E-state index is 0.124. The first-order valence-corrected chi connectivity index (χ1v) is 10.5. The second-order valence-corrected chi connectivity index (χ2v) is 8.23. The van der Waals surface area contributed by atoms with Gasteiger partial charge in [-0.25, -0.2) is 20.0 Å². The molecule has 172 valence electrons. The van der Waals surface area contributed by atoms with Crippen LogP contribution in [0.15, 0.2) is 29.6 Å². The second kappa shape index (κ2) is 10.6. The molecule has 1 heterocycles. The third-order valence-electron chi connectivity index (χ3n) is 3.46. The molecule has 0 aliphatic carbocycles. The van der Waals surface area contributed by atoms with E-state index in [-0.39, 0.29) is 23.9 Å². The summed E-state index contributed by atoms with van der Waals surface area (Å²) in [7, 11) is 0. The quantitative estimate of drug-likeness (QED) is 0.574. The number of rotatable bonds is 5. The maximum Gasteiger partial charge on any atom is 0.434 e. The maximum absolute atomic E-state index is 12.6. The highest BCUT2D eigenvalue weighted by Crippen LogP contribution is 2.21. The summed E-state index contributed by atoms with van der Waals surface area (Å²) < 4.78 is 10.2. The van der Waals surface area contributed by atoms with Gasteiger partial charge in [0, 0.05) is 18.0 Å². The van der Waals surface area contributed by atoms with Gasteiger partial charge in [0.2, 0.25) is 5.91 Å². The van der Waals surface area contributed by atoms with Crippen molar-refractivity contribution in [1.82, 2.24) is 10.4 Å². The number of benzene rings is 1. The summed E-state index contributed by atoms with van der Waals surface area (Å²) in [5, 5.41) is 7.92. The molecule has 0 fully saturated rings. The Morgan fingerprint density at radius 2 is 1.75 bits per heavy atom. The van der Waals surface area contributed by atoms with Gasteiger partial charge in [-0.3, -0.25) is 9.59 Å². The summed E-state index contributed by atoms with van der Waals surface area (Å²) in [5.41, 5.74) is 2.39. The van der Waals surface area contributed by atoms with Crippen molar-refractivity contribution in [1.29, 1.82) is 0 Å². The van der Waals surface area contributed by atoms with Gasteiger partial charge in [0.15, 0.2) is 5.13 Å². The van der Waals surface area contributed by atoms with E-state index < -0.39 is 23.7 Å². The summed E-state index contributed by atoms with van der Waals surface area (Å²) in [6.45, 7) is 8.20. The number of hydrogen-bond donors (Lipinski definition) is 3. The molecule has 0 unspecified atom stereocenters. The van der Waals surface area contributed by atoms with Gasteiger partial charge in [-0.15, -0.1) is 11.3 Å². The Morgan fingerprint density at radius 3 is 2.31 bits per heavy atom. The molecule has 2 rings (SSSR count). The third-order valence-corrected chi connectivity index (χ3v) is 4.22. The van der Waals surface area contributed by atoms with Crippen molar-refractivity contribution < 1.29 is 28.7 Å². The number of carbonyl (C=O) groups excluding carboxylic acids is 4. The first-order valence-electron chi connectivity index (χ1n) is 9.59. The van der Waals surface area contributed by atoms with Crippen molar-refractivity contribution in [2.24, 2.45) is 0 Å². The molecule has 1 aromatic carbocycles. The smallest absolute Gasteiger partial charge is 0.434 e. The zero-order valence-corrected chi connectivity index (χ0v) is 19.2. The molecule has 0 saturated carbocycles. The minimum atomic E-state index is -0.825. The van der Waals surface area contributed by atoms with Gasteiger partial charge in [-0.2, -0.15) is 5.01 Å². The lowest BCUT2D eigenvalue weighted by Crippen LogP contribution is -2.48. The molecule has 0 saturated heterocycles. The molecule has 1 aromatic heterocycles. The zero-order valence-electron chi connectivity index (χ0n) is 18.3. The number of anilines is 3. The van der Waals surface area contributed by atoms with E-state index in [1.165, 1.54) is 24.4 Å². The number of ether oxygens (including phenoxy) is 2. The van der Waals surface area contributed by atoms with Crippen LogP contribution < -0.4 is 21.1 Å². The van der Waals surface area contributed by atoms with Crippen LogP contribution in [0.2, 0.25) is 0 Å². The molecule has 32 heavy (non-hydrogen) atoms. The van der Waals surface area contributed by atoms with E-state index in [0.717, 1.165) is 16.3 Å². The highest BCUT2D eigenvalue weighted by Gasteiger charge is 2.25. The van der Waals surface area contributed by atoms with Crippen LogP contribution in [0.4, 0.5) is 26.1 Å². The first-order chi connectivity index (χ1) is 15.0. The van der Waals surface area contributed by atoms with Gasteiger partial charge in [-0.05, 0) is 52.0 Å². The van der Waals surface area contributed by atoms with Gasteiger partial charge in [0.25, 0.3) is 5.91 Å². The number of nitrogens with zero attached hydrogens (tertiary/aromatic N) is 2. The predicted octanol–water partition coefficient (Wildman–Crippen LogP) is 3.76. The molecule has 12 heteroatoms. The lowest BCUT2D eigenvalue weighted by atomic mass is 10.2. The van der Waals surface area contributed by atoms with Crippen LogP contribution in [0.25, 0.3) is 0 Å². The van der Waals surface area contributed by atoms with Crippen molar-refractivity contribution >= 4 is 51.8 Å². The van der Waals surface area contributed by atoms with E-state index >= 15 is 0 Å². The Labute approximate surface area is 189 Å². The first kappa shape index (κ1) is 24.6. The van der Waals surface area contributed by atoms with Gasteiger partial charge >= 0.3 is 12.2 Å². The molecular weight excluding hydrogens is 438 g/mol. The number of thiazole rings is 1. The summed E-state index contributed by atoms with van der Waals surface area (Å²) in [6.07, 6.45) is -1.63. The van der Waals surface area contributed by atoms with Crippen LogP contribution in [0, 0.1) is 0 Å².